The Balaban J connectivity index is 1.98. The maximum Gasteiger partial charge on any atom is 0.407 e. The number of likely N-dealkylation sites (tertiary alicyclic amines) is 1. The molecule has 1 heterocycles. The van der Waals surface area contributed by atoms with Crippen molar-refractivity contribution < 1.29 is 14.3 Å². The van der Waals surface area contributed by atoms with Gasteiger partial charge in [-0.15, -0.1) is 0 Å². The lowest BCUT2D eigenvalue weighted by molar-refractivity contribution is 0.0469. The molecule has 6 nitrogen and oxygen atoms in total. The third kappa shape index (κ3) is 6.75. The average Bonchev–Trinajstić information content (AvgIpc) is 2.48. The van der Waals surface area contributed by atoms with Gasteiger partial charge < -0.3 is 20.5 Å². The second kappa shape index (κ2) is 8.62. The van der Waals surface area contributed by atoms with E-state index in [9.17, 15) is 4.79 Å². The van der Waals surface area contributed by atoms with Gasteiger partial charge in [0, 0.05) is 30.4 Å². The molecule has 0 aliphatic carbocycles. The van der Waals surface area contributed by atoms with Crippen LogP contribution < -0.4 is 15.8 Å². The molecule has 1 aliphatic heterocycles. The van der Waals surface area contributed by atoms with E-state index in [-0.39, 0.29) is 18.2 Å². The Labute approximate surface area is 157 Å². The Morgan fingerprint density at radius 2 is 2.12 bits per heavy atom. The van der Waals surface area contributed by atoms with Crippen LogP contribution >= 0.6 is 0 Å². The summed E-state index contributed by atoms with van der Waals surface area (Å²) < 4.78 is 11.3. The highest BCUT2D eigenvalue weighted by Gasteiger charge is 2.24. The summed E-state index contributed by atoms with van der Waals surface area (Å²) in [7, 11) is 0. The quantitative estimate of drug-likeness (QED) is 0.783. The molecule has 1 saturated heterocycles. The van der Waals surface area contributed by atoms with E-state index in [4.69, 9.17) is 15.2 Å². The zero-order valence-corrected chi connectivity index (χ0v) is 16.7. The molecule has 1 aliphatic rings. The molecule has 2 rings (SSSR count). The Bertz CT molecular complexity index is 611. The molecule has 1 atom stereocenters. The normalized spacial score (nSPS) is 18.6. The minimum Gasteiger partial charge on any atom is -0.491 e. The van der Waals surface area contributed by atoms with Gasteiger partial charge in [-0.25, -0.2) is 4.79 Å². The lowest BCUT2D eigenvalue weighted by atomic mass is 10.0. The average molecular weight is 364 g/mol. The monoisotopic (exact) mass is 363 g/mol. The molecule has 26 heavy (non-hydrogen) atoms. The van der Waals surface area contributed by atoms with Gasteiger partial charge in [0.2, 0.25) is 0 Å². The number of nitrogens with zero attached hydrogens (tertiary/aromatic N) is 1. The molecule has 3 N–H and O–H groups in total. The summed E-state index contributed by atoms with van der Waals surface area (Å²) in [4.78, 5) is 14.4. The van der Waals surface area contributed by atoms with Crippen LogP contribution in [0.5, 0.6) is 5.75 Å². The summed E-state index contributed by atoms with van der Waals surface area (Å²) in [5.74, 6) is 0.872. The number of benzene rings is 1. The number of nitrogen functional groups attached to an aromatic ring is 1. The largest absolute Gasteiger partial charge is 0.491 e. The number of hydrogen-bond acceptors (Lipinski definition) is 5. The molecule has 0 unspecified atom stereocenters. The van der Waals surface area contributed by atoms with Crippen LogP contribution in [0.25, 0.3) is 0 Å². The van der Waals surface area contributed by atoms with E-state index < -0.39 is 5.60 Å². The first-order chi connectivity index (χ1) is 12.1. The van der Waals surface area contributed by atoms with Crippen LogP contribution in [0.4, 0.5) is 10.5 Å². The number of alkyl carbamates (subject to hydrolysis) is 1. The first kappa shape index (κ1) is 20.4. The van der Waals surface area contributed by atoms with E-state index in [1.54, 1.807) is 0 Å². The van der Waals surface area contributed by atoms with E-state index in [2.05, 4.69) is 10.2 Å². The van der Waals surface area contributed by atoms with Gasteiger partial charge >= 0.3 is 6.09 Å². The summed E-state index contributed by atoms with van der Waals surface area (Å²) in [6, 6.07) is 5.87. The molecule has 6 heteroatoms. The van der Waals surface area contributed by atoms with Crippen molar-refractivity contribution in [3.63, 3.8) is 0 Å². The van der Waals surface area contributed by atoms with Crippen LogP contribution in [0.3, 0.4) is 0 Å². The Hall–Kier alpha value is -1.95. The molecule has 1 aromatic carbocycles. The lowest BCUT2D eigenvalue weighted by Gasteiger charge is -2.34. The SMILES string of the molecule is CC(C)Oc1ccc(N)cc1CN1CCC[C@H](NC(=O)OC(C)(C)C)C1. The summed E-state index contributed by atoms with van der Waals surface area (Å²) in [5.41, 5.74) is 7.30. The number of carbonyl (C=O) groups is 1. The molecule has 1 fully saturated rings. The van der Waals surface area contributed by atoms with Crippen molar-refractivity contribution in [1.29, 1.82) is 0 Å². The van der Waals surface area contributed by atoms with Crippen molar-refractivity contribution >= 4 is 11.8 Å². The summed E-state index contributed by atoms with van der Waals surface area (Å²) in [6.45, 7) is 12.2. The minimum atomic E-state index is -0.483. The summed E-state index contributed by atoms with van der Waals surface area (Å²) in [5, 5.41) is 2.99. The van der Waals surface area contributed by atoms with Gasteiger partial charge in [-0.2, -0.15) is 0 Å². The number of nitrogens with two attached hydrogens (primary N) is 1. The van der Waals surface area contributed by atoms with Crippen LogP contribution in [0.2, 0.25) is 0 Å². The first-order valence-corrected chi connectivity index (χ1v) is 9.39. The number of rotatable bonds is 5. The number of anilines is 1. The van der Waals surface area contributed by atoms with Crippen molar-refractivity contribution in [2.24, 2.45) is 0 Å². The fourth-order valence-corrected chi connectivity index (χ4v) is 3.12. The highest BCUT2D eigenvalue weighted by molar-refractivity contribution is 5.68. The van der Waals surface area contributed by atoms with Crippen LogP contribution in [0, 0.1) is 0 Å². The van der Waals surface area contributed by atoms with Crippen LogP contribution in [0.1, 0.15) is 53.0 Å². The second-order valence-corrected chi connectivity index (χ2v) is 8.25. The summed E-state index contributed by atoms with van der Waals surface area (Å²) >= 11 is 0. The van der Waals surface area contributed by atoms with Crippen LogP contribution in [0.15, 0.2) is 18.2 Å². The van der Waals surface area contributed by atoms with Crippen molar-refractivity contribution in [2.45, 2.75) is 71.8 Å². The highest BCUT2D eigenvalue weighted by Crippen LogP contribution is 2.25. The van der Waals surface area contributed by atoms with Gasteiger partial charge in [-0.3, -0.25) is 4.90 Å². The summed E-state index contributed by atoms with van der Waals surface area (Å²) in [6.07, 6.45) is 1.75. The lowest BCUT2D eigenvalue weighted by Crippen LogP contribution is -2.48. The van der Waals surface area contributed by atoms with Gasteiger partial charge in [0.25, 0.3) is 0 Å². The van der Waals surface area contributed by atoms with E-state index in [1.807, 2.05) is 52.8 Å². The van der Waals surface area contributed by atoms with Crippen LogP contribution in [-0.2, 0) is 11.3 Å². The first-order valence-electron chi connectivity index (χ1n) is 9.39. The molecular formula is C20H33N3O3. The molecule has 0 bridgehead atoms. The third-order valence-corrected chi connectivity index (χ3v) is 4.07. The standard InChI is InChI=1S/C20H33N3O3/c1-14(2)25-18-9-8-16(21)11-15(18)12-23-10-6-7-17(13-23)22-19(24)26-20(3,4)5/h8-9,11,14,17H,6-7,10,12-13,21H2,1-5H3,(H,22,24)/t17-/m0/s1. The topological polar surface area (TPSA) is 76.8 Å². The molecule has 0 aromatic heterocycles. The van der Waals surface area contributed by atoms with E-state index in [0.717, 1.165) is 49.5 Å². The zero-order chi connectivity index (χ0) is 19.3. The van der Waals surface area contributed by atoms with E-state index >= 15 is 0 Å². The molecule has 0 spiro atoms. The second-order valence-electron chi connectivity index (χ2n) is 8.25. The van der Waals surface area contributed by atoms with Crippen molar-refractivity contribution in [3.8, 4) is 5.75 Å². The van der Waals surface area contributed by atoms with E-state index in [1.165, 1.54) is 0 Å². The van der Waals surface area contributed by atoms with E-state index in [0.29, 0.717) is 0 Å². The zero-order valence-electron chi connectivity index (χ0n) is 16.7. The number of piperidine rings is 1. The highest BCUT2D eigenvalue weighted by atomic mass is 16.6. The molecule has 1 aromatic rings. The van der Waals surface area contributed by atoms with Crippen molar-refractivity contribution in [3.05, 3.63) is 23.8 Å². The fraction of sp³-hybridized carbons (Fsp3) is 0.650. The fourth-order valence-electron chi connectivity index (χ4n) is 3.12. The van der Waals surface area contributed by atoms with Crippen molar-refractivity contribution in [1.82, 2.24) is 10.2 Å². The van der Waals surface area contributed by atoms with Gasteiger partial charge in [0.15, 0.2) is 0 Å². The Morgan fingerprint density at radius 1 is 1.38 bits per heavy atom. The maximum absolute atomic E-state index is 12.0. The molecular weight excluding hydrogens is 330 g/mol. The Morgan fingerprint density at radius 3 is 2.77 bits per heavy atom. The van der Waals surface area contributed by atoms with Crippen LogP contribution in [-0.4, -0.2) is 41.8 Å². The third-order valence-electron chi connectivity index (χ3n) is 4.07. The smallest absolute Gasteiger partial charge is 0.407 e. The van der Waals surface area contributed by atoms with Gasteiger partial charge in [0.05, 0.1) is 6.10 Å². The maximum atomic E-state index is 12.0. The number of ether oxygens (including phenoxy) is 2. The molecule has 146 valence electrons. The molecule has 0 saturated carbocycles. The van der Waals surface area contributed by atoms with Crippen molar-refractivity contribution in [2.75, 3.05) is 18.8 Å². The Kier molecular flexibility index (Phi) is 6.75. The van der Waals surface area contributed by atoms with Gasteiger partial charge in [-0.1, -0.05) is 0 Å². The number of amides is 1. The van der Waals surface area contributed by atoms with Gasteiger partial charge in [-0.05, 0) is 72.2 Å². The number of hydrogen-bond donors (Lipinski definition) is 2. The predicted octanol–water partition coefficient (Wildman–Crippen LogP) is 3.55. The number of nitrogens with one attached hydrogen (secondary N) is 1. The molecule has 0 radical (unpaired) electrons. The molecule has 1 amide bonds. The number of carbonyl (C=O) groups excluding carboxylic acids is 1. The minimum absolute atomic E-state index is 0.0918. The predicted molar refractivity (Wildman–Crippen MR) is 104 cm³/mol. The van der Waals surface area contributed by atoms with Gasteiger partial charge in [0.1, 0.15) is 11.4 Å².